The first-order valence-corrected chi connectivity index (χ1v) is 16.1. The van der Waals surface area contributed by atoms with Crippen molar-refractivity contribution in [3.63, 3.8) is 0 Å². The fourth-order valence-corrected chi connectivity index (χ4v) is 6.18. The van der Waals surface area contributed by atoms with Gasteiger partial charge in [-0.25, -0.2) is 0 Å². The molecular weight excluding hydrogens is 528 g/mol. The van der Waals surface area contributed by atoms with Crippen LogP contribution in [0.1, 0.15) is 83.6 Å². The number of carbonyl (C=O) groups is 1. The standard InChI is InChI=1S/C39H46N2O2/c1-29-9-14-37-27-40-19-5-7-34(37)16-11-33(24-29)12-17-35-26-36(15-10-30(35)2)39(42)8-4-6-32-13-18-38(31(3)25-32)28-41-20-22-43-23-21-41/h5,10,13-15,18-19,24-27,29,34H,4,6-9,11,16,20-23,28H2,1-3H3. The topological polar surface area (TPSA) is 41.9 Å². The number of Topliss-reactive ketones (excluding diaryl/α,β-unsaturated/α-hetero) is 1. The molecule has 4 nitrogen and oxygen atoms in total. The molecule has 1 fully saturated rings. The summed E-state index contributed by atoms with van der Waals surface area (Å²) in [6, 6.07) is 12.8. The van der Waals surface area contributed by atoms with Gasteiger partial charge in [0.2, 0.25) is 0 Å². The summed E-state index contributed by atoms with van der Waals surface area (Å²) in [5, 5.41) is 0. The zero-order valence-electron chi connectivity index (χ0n) is 26.2. The minimum atomic E-state index is 0.195. The SMILES string of the molecule is Cc1ccc(C(=O)CCCc2ccc(CN3CCOCC3)c(C)c2)cc1C#CC1=CC(C)CC=C2C=NC=CCC2CC1. The number of hydrogen-bond donors (Lipinski definition) is 0. The van der Waals surface area contributed by atoms with Gasteiger partial charge in [0.25, 0.3) is 0 Å². The second-order valence-electron chi connectivity index (χ2n) is 12.4. The Kier molecular flexibility index (Phi) is 11.0. The van der Waals surface area contributed by atoms with Crippen molar-refractivity contribution >= 4 is 12.0 Å². The number of carbonyl (C=O) groups excluding carboxylic acids is 1. The molecule has 0 aromatic heterocycles. The van der Waals surface area contributed by atoms with Crippen LogP contribution >= 0.6 is 0 Å². The number of ether oxygens (including phenoxy) is 1. The fourth-order valence-electron chi connectivity index (χ4n) is 6.18. The lowest BCUT2D eigenvalue weighted by molar-refractivity contribution is 0.0341. The number of aliphatic imine (C=N–C) groups is 1. The highest BCUT2D eigenvalue weighted by atomic mass is 16.5. The Morgan fingerprint density at radius 2 is 1.91 bits per heavy atom. The van der Waals surface area contributed by atoms with Gasteiger partial charge in [0.05, 0.1) is 13.2 Å². The second-order valence-corrected chi connectivity index (χ2v) is 12.4. The highest BCUT2D eigenvalue weighted by molar-refractivity contribution is 5.96. The molecule has 224 valence electrons. The molecule has 2 heterocycles. The van der Waals surface area contributed by atoms with Gasteiger partial charge < -0.3 is 4.74 Å². The summed E-state index contributed by atoms with van der Waals surface area (Å²) in [6.45, 7) is 11.2. The molecule has 0 bridgehead atoms. The second kappa shape index (κ2) is 15.3. The first-order valence-electron chi connectivity index (χ1n) is 16.1. The Morgan fingerprint density at radius 1 is 1.05 bits per heavy atom. The lowest BCUT2D eigenvalue weighted by atomic mass is 9.90. The average molecular weight is 575 g/mol. The predicted molar refractivity (Wildman–Crippen MR) is 178 cm³/mol. The third-order valence-corrected chi connectivity index (χ3v) is 8.97. The number of ketones is 1. The zero-order chi connectivity index (χ0) is 30.0. The van der Waals surface area contributed by atoms with Crippen molar-refractivity contribution in [2.75, 3.05) is 26.3 Å². The lowest BCUT2D eigenvalue weighted by Crippen LogP contribution is -2.35. The van der Waals surface area contributed by atoms with E-state index in [0.717, 1.165) is 88.1 Å². The first-order chi connectivity index (χ1) is 20.9. The fraction of sp³-hybridized carbons (Fsp3) is 0.436. The quantitative estimate of drug-likeness (QED) is 0.249. The summed E-state index contributed by atoms with van der Waals surface area (Å²) in [5.41, 5.74) is 9.41. The number of morpholine rings is 1. The van der Waals surface area contributed by atoms with Crippen LogP contribution in [-0.2, 0) is 17.7 Å². The van der Waals surface area contributed by atoms with Gasteiger partial charge in [-0.2, -0.15) is 0 Å². The highest BCUT2D eigenvalue weighted by Crippen LogP contribution is 2.28. The number of hydrogen-bond acceptors (Lipinski definition) is 4. The van der Waals surface area contributed by atoms with Crippen LogP contribution in [0, 0.1) is 37.5 Å². The molecule has 0 N–H and O–H groups in total. The van der Waals surface area contributed by atoms with Crippen LogP contribution in [0.3, 0.4) is 0 Å². The molecule has 0 saturated carbocycles. The van der Waals surface area contributed by atoms with Crippen molar-refractivity contribution in [3.05, 3.63) is 105 Å². The van der Waals surface area contributed by atoms with E-state index in [4.69, 9.17) is 4.74 Å². The Bertz CT molecular complexity index is 1480. The molecule has 1 saturated heterocycles. The van der Waals surface area contributed by atoms with Crippen molar-refractivity contribution in [3.8, 4) is 11.8 Å². The van der Waals surface area contributed by atoms with Crippen LogP contribution in [0.4, 0.5) is 0 Å². The Hall–Kier alpha value is -3.52. The molecule has 2 atom stereocenters. The molecule has 2 unspecified atom stereocenters. The highest BCUT2D eigenvalue weighted by Gasteiger charge is 2.17. The van der Waals surface area contributed by atoms with E-state index in [1.807, 2.05) is 30.6 Å². The van der Waals surface area contributed by atoms with Crippen molar-refractivity contribution in [2.45, 2.75) is 72.3 Å². The molecule has 0 spiro atoms. The molecule has 4 heteroatoms. The van der Waals surface area contributed by atoms with Crippen molar-refractivity contribution < 1.29 is 9.53 Å². The first kappa shape index (κ1) is 30.9. The van der Waals surface area contributed by atoms with Crippen molar-refractivity contribution in [1.29, 1.82) is 0 Å². The largest absolute Gasteiger partial charge is 0.379 e. The van der Waals surface area contributed by atoms with Crippen LogP contribution in [-0.4, -0.2) is 43.2 Å². The minimum Gasteiger partial charge on any atom is -0.379 e. The van der Waals surface area contributed by atoms with Crippen LogP contribution in [0.2, 0.25) is 0 Å². The lowest BCUT2D eigenvalue weighted by Gasteiger charge is -2.27. The summed E-state index contributed by atoms with van der Waals surface area (Å²) in [5.74, 6) is 8.06. The van der Waals surface area contributed by atoms with Gasteiger partial charge in [-0.05, 0) is 104 Å². The monoisotopic (exact) mass is 574 g/mol. The molecule has 0 radical (unpaired) electrons. The molecule has 0 amide bonds. The molecule has 43 heavy (non-hydrogen) atoms. The number of allylic oxidation sites excluding steroid dienone is 5. The van der Waals surface area contributed by atoms with Gasteiger partial charge in [-0.15, -0.1) is 0 Å². The van der Waals surface area contributed by atoms with Crippen molar-refractivity contribution in [2.24, 2.45) is 16.8 Å². The zero-order valence-corrected chi connectivity index (χ0v) is 26.2. The van der Waals surface area contributed by atoms with Crippen LogP contribution in [0.25, 0.3) is 0 Å². The van der Waals surface area contributed by atoms with E-state index in [1.54, 1.807) is 0 Å². The van der Waals surface area contributed by atoms with Gasteiger partial charge >= 0.3 is 0 Å². The van der Waals surface area contributed by atoms with Gasteiger partial charge in [0.1, 0.15) is 0 Å². The van der Waals surface area contributed by atoms with Crippen LogP contribution < -0.4 is 0 Å². The Labute approximate surface area is 258 Å². The van der Waals surface area contributed by atoms with Gasteiger partial charge in [-0.3, -0.25) is 14.7 Å². The normalized spacial score (nSPS) is 20.8. The van der Waals surface area contributed by atoms with Gasteiger partial charge in [0, 0.05) is 49.6 Å². The molecular formula is C39H46N2O2. The molecule has 2 aromatic carbocycles. The molecule has 5 rings (SSSR count). The Balaban J connectivity index is 1.18. The third kappa shape index (κ3) is 8.99. The number of benzene rings is 2. The number of fused-ring (bicyclic) bond motifs is 1. The molecule has 2 aliphatic heterocycles. The summed E-state index contributed by atoms with van der Waals surface area (Å²) >= 11 is 0. The molecule has 1 aliphatic carbocycles. The molecule has 2 aromatic rings. The summed E-state index contributed by atoms with van der Waals surface area (Å²) in [6.07, 6.45) is 17.2. The predicted octanol–water partition coefficient (Wildman–Crippen LogP) is 7.97. The summed E-state index contributed by atoms with van der Waals surface area (Å²) in [4.78, 5) is 20.1. The van der Waals surface area contributed by atoms with E-state index in [1.165, 1.54) is 27.8 Å². The maximum atomic E-state index is 13.2. The Morgan fingerprint density at radius 3 is 2.74 bits per heavy atom. The van der Waals surface area contributed by atoms with Crippen molar-refractivity contribution in [1.82, 2.24) is 4.90 Å². The van der Waals surface area contributed by atoms with Gasteiger partial charge in [0.15, 0.2) is 5.78 Å². The van der Waals surface area contributed by atoms with Crippen LogP contribution in [0.5, 0.6) is 0 Å². The molecule has 3 aliphatic rings. The van der Waals surface area contributed by atoms with E-state index in [9.17, 15) is 4.79 Å². The van der Waals surface area contributed by atoms with E-state index in [2.05, 4.69) is 78.9 Å². The average Bonchev–Trinajstić information content (AvgIpc) is 3.21. The van der Waals surface area contributed by atoms with E-state index >= 15 is 0 Å². The number of nitrogens with zero attached hydrogens (tertiary/aromatic N) is 2. The maximum absolute atomic E-state index is 13.2. The smallest absolute Gasteiger partial charge is 0.162 e. The minimum absolute atomic E-state index is 0.195. The number of rotatable bonds is 7. The third-order valence-electron chi connectivity index (χ3n) is 8.97. The van der Waals surface area contributed by atoms with Crippen LogP contribution in [0.15, 0.2) is 77.0 Å². The number of aryl methyl sites for hydroxylation is 3. The van der Waals surface area contributed by atoms with E-state index in [-0.39, 0.29) is 5.78 Å². The van der Waals surface area contributed by atoms with E-state index < -0.39 is 0 Å². The van der Waals surface area contributed by atoms with Gasteiger partial charge in [-0.1, -0.05) is 67.3 Å². The maximum Gasteiger partial charge on any atom is 0.162 e. The summed E-state index contributed by atoms with van der Waals surface area (Å²) in [7, 11) is 0. The van der Waals surface area contributed by atoms with E-state index in [0.29, 0.717) is 18.3 Å². The summed E-state index contributed by atoms with van der Waals surface area (Å²) < 4.78 is 5.48.